The van der Waals surface area contributed by atoms with Gasteiger partial charge in [-0.15, -0.1) is 20.4 Å². The Kier molecular flexibility index (Phi) is 15.4. The van der Waals surface area contributed by atoms with Crippen molar-refractivity contribution in [2.24, 2.45) is 0 Å². The van der Waals surface area contributed by atoms with Crippen molar-refractivity contribution in [3.8, 4) is 90.6 Å². The first kappa shape index (κ1) is 63.2. The predicted molar refractivity (Wildman–Crippen MR) is 432 cm³/mol. The number of benzene rings is 15. The van der Waals surface area contributed by atoms with E-state index < -0.39 is 10.8 Å². The molecule has 18 aromatic rings. The molecular formula is C98H64N8O2. The number of fused-ring (bicyclic) bond motifs is 7. The van der Waals surface area contributed by atoms with Crippen LogP contribution in [-0.4, -0.2) is 30.4 Å². The zero-order valence-electron chi connectivity index (χ0n) is 58.3. The third-order valence-electron chi connectivity index (χ3n) is 21.4. The fraction of sp³-hybridized carbons (Fsp3) is 0.0204. The molecule has 10 heteroatoms. The summed E-state index contributed by atoms with van der Waals surface area (Å²) in [4.78, 5) is 16.2. The van der Waals surface area contributed by atoms with Gasteiger partial charge in [0.1, 0.15) is 0 Å². The molecule has 508 valence electrons. The molecule has 0 aliphatic heterocycles. The zero-order valence-corrected chi connectivity index (χ0v) is 58.3. The van der Waals surface area contributed by atoms with E-state index in [4.69, 9.17) is 18.8 Å². The molecule has 3 heterocycles. The molecule has 3 aromatic heterocycles. The average molecular weight is 1390 g/mol. The molecule has 0 fully saturated rings. The lowest BCUT2D eigenvalue weighted by Gasteiger charge is -2.35. The molecule has 2 aliphatic carbocycles. The van der Waals surface area contributed by atoms with Crippen LogP contribution in [0.15, 0.2) is 397 Å². The summed E-state index contributed by atoms with van der Waals surface area (Å²) in [5, 5.41) is 17.8. The number of hydrogen-bond donors (Lipinski definition) is 0. The van der Waals surface area contributed by atoms with Crippen molar-refractivity contribution < 1.29 is 8.83 Å². The molecule has 10 nitrogen and oxygen atoms in total. The second-order valence-electron chi connectivity index (χ2n) is 27.3. The van der Waals surface area contributed by atoms with Crippen molar-refractivity contribution in [1.29, 1.82) is 0 Å². The number of anilines is 6. The lowest BCUT2D eigenvalue weighted by atomic mass is 9.67. The van der Waals surface area contributed by atoms with Crippen LogP contribution in [0.2, 0.25) is 0 Å². The zero-order chi connectivity index (χ0) is 71.5. The van der Waals surface area contributed by atoms with Crippen LogP contribution in [0.3, 0.4) is 0 Å². The van der Waals surface area contributed by atoms with E-state index >= 15 is 0 Å². The molecule has 0 N–H and O–H groups in total. The first-order valence-corrected chi connectivity index (χ1v) is 36.3. The van der Waals surface area contributed by atoms with Gasteiger partial charge in [0.05, 0.1) is 33.3 Å². The highest BCUT2D eigenvalue weighted by Crippen LogP contribution is 2.61. The molecule has 0 atom stereocenters. The number of para-hydroxylation sites is 4. The lowest BCUT2D eigenvalue weighted by Crippen LogP contribution is -2.29. The maximum atomic E-state index is 6.26. The van der Waals surface area contributed by atoms with Crippen LogP contribution in [0.4, 0.5) is 34.1 Å². The first-order chi connectivity index (χ1) is 53.5. The Balaban J connectivity index is 0.737. The van der Waals surface area contributed by atoms with Crippen molar-refractivity contribution in [2.75, 3.05) is 9.80 Å². The fourth-order valence-corrected chi connectivity index (χ4v) is 16.6. The molecule has 15 aromatic carbocycles. The highest BCUT2D eigenvalue weighted by molar-refractivity contribution is 5.96. The first-order valence-electron chi connectivity index (χ1n) is 36.3. The summed E-state index contributed by atoms with van der Waals surface area (Å²) in [5.41, 5.74) is 26.5. The van der Waals surface area contributed by atoms with Gasteiger partial charge in [0, 0.05) is 67.5 Å². The number of hydrogen-bond acceptors (Lipinski definition) is 10. The van der Waals surface area contributed by atoms with E-state index in [0.29, 0.717) is 23.6 Å². The summed E-state index contributed by atoms with van der Waals surface area (Å²) < 4.78 is 12.5. The smallest absolute Gasteiger partial charge is 0.248 e. The summed E-state index contributed by atoms with van der Waals surface area (Å²) in [7, 11) is 0. The quantitative estimate of drug-likeness (QED) is 0.0927. The molecule has 20 rings (SSSR count). The van der Waals surface area contributed by atoms with Gasteiger partial charge >= 0.3 is 0 Å². The van der Waals surface area contributed by atoms with Crippen LogP contribution in [0.1, 0.15) is 44.5 Å². The van der Waals surface area contributed by atoms with E-state index in [1.165, 1.54) is 0 Å². The van der Waals surface area contributed by atoms with Crippen LogP contribution in [0, 0.1) is 0 Å². The summed E-state index contributed by atoms with van der Waals surface area (Å²) in [6, 6.07) is 138. The van der Waals surface area contributed by atoms with Crippen LogP contribution in [0.25, 0.3) is 102 Å². The normalized spacial score (nSPS) is 12.8. The number of nitrogens with zero attached hydrogens (tertiary/aromatic N) is 8. The molecule has 0 radical (unpaired) electrons. The molecule has 0 spiro atoms. The third kappa shape index (κ3) is 10.6. The maximum Gasteiger partial charge on any atom is 0.248 e. The molecule has 2 aliphatic rings. The van der Waals surface area contributed by atoms with Crippen LogP contribution >= 0.6 is 0 Å². The van der Waals surface area contributed by atoms with Gasteiger partial charge in [0.25, 0.3) is 0 Å². The minimum absolute atomic E-state index is 0.452. The monoisotopic (exact) mass is 1380 g/mol. The minimum atomic E-state index is -0.810. The van der Waals surface area contributed by atoms with Gasteiger partial charge in [-0.25, -0.2) is 9.97 Å². The topological polar surface area (TPSA) is 110 Å². The van der Waals surface area contributed by atoms with E-state index in [0.717, 1.165) is 157 Å². The van der Waals surface area contributed by atoms with Crippen molar-refractivity contribution in [3.05, 3.63) is 433 Å². The van der Waals surface area contributed by atoms with E-state index in [2.05, 4.69) is 358 Å². The fourth-order valence-electron chi connectivity index (χ4n) is 16.6. The van der Waals surface area contributed by atoms with Crippen molar-refractivity contribution in [3.63, 3.8) is 0 Å². The van der Waals surface area contributed by atoms with Gasteiger partial charge < -0.3 is 18.6 Å². The Morgan fingerprint density at radius 3 is 0.769 bits per heavy atom. The van der Waals surface area contributed by atoms with Crippen LogP contribution in [-0.2, 0) is 10.8 Å². The Bertz CT molecular complexity index is 5870. The van der Waals surface area contributed by atoms with Gasteiger partial charge in [-0.3, -0.25) is 0 Å². The molecule has 0 bridgehead atoms. The standard InChI is InChI=1S/C98H64N8O2/c1-9-27-65(28-10-1)93-101-103-95(107-93)67-45-51-77(52-46-67)105(75-39-21-7-22-40-75)79-55-59-83-81-57-49-69(61-85(81)97(87(83)63-79,71-31-13-3-14-32-71)72-33-15-4-16-34-72)91-92(100-90-44-26-25-43-89(90)99-91)70-50-58-82-84-60-56-80(64-88(84)98(86(82)62-70,73-35-17-5-18-36-73)74-37-19-6-20-38-74)106(76-41-23-8-24-42-76)78-53-47-68(48-54-78)96-104-102-94(108-96)66-29-11-2-12-30-66/h1-64H. The number of aromatic nitrogens is 6. The summed E-state index contributed by atoms with van der Waals surface area (Å²) in [6.45, 7) is 0. The average Bonchev–Trinajstić information content (AvgIpc) is 1.53. The summed E-state index contributed by atoms with van der Waals surface area (Å²) >= 11 is 0. The molecular weight excluding hydrogens is 1320 g/mol. The minimum Gasteiger partial charge on any atom is -0.416 e. The van der Waals surface area contributed by atoms with Gasteiger partial charge in [-0.05, 0) is 212 Å². The van der Waals surface area contributed by atoms with Crippen molar-refractivity contribution >= 4 is 45.2 Å². The predicted octanol–water partition coefficient (Wildman–Crippen LogP) is 24.1. The van der Waals surface area contributed by atoms with Crippen molar-refractivity contribution in [2.45, 2.75) is 10.8 Å². The Hall–Kier alpha value is -14.5. The molecule has 0 saturated heterocycles. The van der Waals surface area contributed by atoms with Crippen LogP contribution in [0.5, 0.6) is 0 Å². The third-order valence-corrected chi connectivity index (χ3v) is 21.4. The summed E-state index contributed by atoms with van der Waals surface area (Å²) in [5.74, 6) is 1.85. The van der Waals surface area contributed by atoms with Crippen LogP contribution < -0.4 is 9.80 Å². The Labute approximate surface area is 624 Å². The lowest BCUT2D eigenvalue weighted by molar-refractivity contribution is 0.584. The number of rotatable bonds is 16. The SMILES string of the molecule is c1ccc(-c2nnc(-c3ccc(N(c4ccccc4)c4ccc5c(c4)C(c4ccccc4)(c4ccccc4)c4cc(-c6nc7ccccc7nc6-c6ccc7c(c6)C(c6ccccc6)(c6ccccc6)c6cc(N(c8ccccc8)c8ccc(-c9nnc(-c%10ccccc%10)o9)cc8)ccc6-7)ccc4-5)cc3)o2)cc1. The van der Waals surface area contributed by atoms with E-state index in [-0.39, 0.29) is 0 Å². The van der Waals surface area contributed by atoms with Crippen molar-refractivity contribution in [1.82, 2.24) is 30.4 Å². The van der Waals surface area contributed by atoms with Gasteiger partial charge in [0.2, 0.25) is 23.6 Å². The molecule has 108 heavy (non-hydrogen) atoms. The Morgan fingerprint density at radius 1 is 0.204 bits per heavy atom. The maximum absolute atomic E-state index is 6.26. The molecule has 0 unspecified atom stereocenters. The molecule has 0 amide bonds. The highest BCUT2D eigenvalue weighted by Gasteiger charge is 2.49. The van der Waals surface area contributed by atoms with E-state index in [9.17, 15) is 0 Å². The Morgan fingerprint density at radius 2 is 0.444 bits per heavy atom. The second kappa shape index (κ2) is 26.3. The second-order valence-corrected chi connectivity index (χ2v) is 27.3. The summed E-state index contributed by atoms with van der Waals surface area (Å²) in [6.07, 6.45) is 0. The largest absolute Gasteiger partial charge is 0.416 e. The van der Waals surface area contributed by atoms with Gasteiger partial charge in [-0.1, -0.05) is 243 Å². The van der Waals surface area contributed by atoms with Gasteiger partial charge in [0.15, 0.2) is 0 Å². The highest BCUT2D eigenvalue weighted by atomic mass is 16.4. The van der Waals surface area contributed by atoms with E-state index in [1.54, 1.807) is 0 Å². The van der Waals surface area contributed by atoms with E-state index in [1.807, 2.05) is 60.7 Å². The molecule has 0 saturated carbocycles. The van der Waals surface area contributed by atoms with Gasteiger partial charge in [-0.2, -0.15) is 0 Å².